The van der Waals surface area contributed by atoms with Crippen molar-refractivity contribution in [2.24, 2.45) is 11.8 Å². The molecule has 1 saturated heterocycles. The highest BCUT2D eigenvalue weighted by Crippen LogP contribution is 2.38. The molecule has 7 nitrogen and oxygen atoms in total. The molecule has 2 N–H and O–H groups in total. The molecule has 22 heavy (non-hydrogen) atoms. The first-order chi connectivity index (χ1) is 10.6. The Kier molecular flexibility index (Phi) is 3.86. The molecule has 1 aliphatic carbocycles. The van der Waals surface area contributed by atoms with Gasteiger partial charge in [0.25, 0.3) is 0 Å². The Bertz CT molecular complexity index is 633. The van der Waals surface area contributed by atoms with Crippen LogP contribution in [0.5, 0.6) is 0 Å². The first-order valence-corrected chi connectivity index (χ1v) is 7.18. The molecule has 0 unspecified atom stereocenters. The predicted octanol–water partition coefficient (Wildman–Crippen LogP) is 1.01. The predicted molar refractivity (Wildman–Crippen MR) is 76.5 cm³/mol. The van der Waals surface area contributed by atoms with Gasteiger partial charge in [-0.05, 0) is 6.42 Å². The van der Waals surface area contributed by atoms with Crippen molar-refractivity contribution in [3.05, 3.63) is 11.8 Å². The number of hydrogen-bond donors (Lipinski definition) is 2. The van der Waals surface area contributed by atoms with Gasteiger partial charge in [0.2, 0.25) is 5.91 Å². The van der Waals surface area contributed by atoms with Crippen LogP contribution < -0.4 is 5.32 Å². The lowest BCUT2D eigenvalue weighted by Gasteiger charge is -2.07. The van der Waals surface area contributed by atoms with Crippen molar-refractivity contribution in [3.63, 3.8) is 0 Å². The molecule has 3 rings (SSSR count). The molecule has 0 spiro atoms. The molecule has 4 atom stereocenters. The van der Waals surface area contributed by atoms with Crippen molar-refractivity contribution in [3.8, 4) is 12.3 Å². The molecular formula is C15H17N3O4. The Morgan fingerprint density at radius 3 is 3.05 bits per heavy atom. The number of rotatable bonds is 4. The third-order valence-electron chi connectivity index (χ3n) is 3.83. The van der Waals surface area contributed by atoms with Crippen molar-refractivity contribution in [1.82, 2.24) is 10.2 Å². The van der Waals surface area contributed by atoms with Gasteiger partial charge in [0.1, 0.15) is 12.2 Å². The molecule has 2 aliphatic rings. The monoisotopic (exact) mass is 303 g/mol. The highest BCUT2D eigenvalue weighted by Gasteiger charge is 2.42. The van der Waals surface area contributed by atoms with Gasteiger partial charge in [0.15, 0.2) is 5.82 Å². The topological polar surface area (TPSA) is 93.3 Å². The Morgan fingerprint density at radius 2 is 2.36 bits per heavy atom. The van der Waals surface area contributed by atoms with Crippen LogP contribution in [-0.4, -0.2) is 34.8 Å². The highest BCUT2D eigenvalue weighted by molar-refractivity contribution is 5.94. The molecule has 2 fully saturated rings. The van der Waals surface area contributed by atoms with E-state index in [1.807, 2.05) is 0 Å². The van der Waals surface area contributed by atoms with Crippen LogP contribution >= 0.6 is 0 Å². The SMILES string of the molecule is C#C[C@H]1C[C@@H]1C(=O)Nc1cc([C@@H]2C[C@H](OC(C)=O)CO2)[nH]n1. The molecule has 0 radical (unpaired) electrons. The van der Waals surface area contributed by atoms with Crippen LogP contribution in [-0.2, 0) is 19.1 Å². The fourth-order valence-electron chi connectivity index (χ4n) is 2.59. The van der Waals surface area contributed by atoms with E-state index in [0.29, 0.717) is 18.8 Å². The number of aromatic amines is 1. The van der Waals surface area contributed by atoms with Gasteiger partial charge in [-0.1, -0.05) is 0 Å². The number of ether oxygens (including phenoxy) is 2. The lowest BCUT2D eigenvalue weighted by Crippen LogP contribution is -2.15. The lowest BCUT2D eigenvalue weighted by molar-refractivity contribution is -0.146. The van der Waals surface area contributed by atoms with Gasteiger partial charge >= 0.3 is 5.97 Å². The van der Waals surface area contributed by atoms with E-state index in [1.165, 1.54) is 6.92 Å². The van der Waals surface area contributed by atoms with E-state index in [2.05, 4.69) is 21.4 Å². The molecule has 1 saturated carbocycles. The average molecular weight is 303 g/mol. The van der Waals surface area contributed by atoms with Gasteiger partial charge in [-0.25, -0.2) is 0 Å². The average Bonchev–Trinajstić information content (AvgIpc) is 2.89. The molecular weight excluding hydrogens is 286 g/mol. The van der Waals surface area contributed by atoms with Crippen LogP contribution in [0.4, 0.5) is 5.82 Å². The second-order valence-electron chi connectivity index (χ2n) is 5.60. The number of nitrogens with zero attached hydrogens (tertiary/aromatic N) is 1. The zero-order valence-corrected chi connectivity index (χ0v) is 12.2. The first kappa shape index (κ1) is 14.6. The van der Waals surface area contributed by atoms with E-state index in [0.717, 1.165) is 12.1 Å². The molecule has 2 heterocycles. The van der Waals surface area contributed by atoms with Gasteiger partial charge in [-0.3, -0.25) is 14.7 Å². The van der Waals surface area contributed by atoms with Crippen molar-refractivity contribution < 1.29 is 19.1 Å². The summed E-state index contributed by atoms with van der Waals surface area (Å²) >= 11 is 0. The third kappa shape index (κ3) is 3.12. The normalized spacial score (nSPS) is 29.6. The molecule has 1 aliphatic heterocycles. The standard InChI is InChI=1S/C15H17N3O4/c1-3-9-4-11(9)15(20)16-14-6-12(17-18-14)13-5-10(7-21-13)22-8(2)19/h1,6,9-11,13H,4-5,7H2,2H3,(H2,16,17,18,20)/t9-,10-,11-,13-/m0/s1. The Labute approximate surface area is 127 Å². The summed E-state index contributed by atoms with van der Waals surface area (Å²) in [7, 11) is 0. The Morgan fingerprint density at radius 1 is 1.55 bits per heavy atom. The van der Waals surface area contributed by atoms with E-state index in [1.54, 1.807) is 6.07 Å². The summed E-state index contributed by atoms with van der Waals surface area (Å²) in [5, 5.41) is 9.63. The zero-order chi connectivity index (χ0) is 15.7. The van der Waals surface area contributed by atoms with E-state index in [4.69, 9.17) is 15.9 Å². The van der Waals surface area contributed by atoms with E-state index in [-0.39, 0.29) is 35.9 Å². The van der Waals surface area contributed by atoms with Crippen molar-refractivity contribution in [2.45, 2.75) is 32.0 Å². The number of esters is 1. The van der Waals surface area contributed by atoms with Gasteiger partial charge in [0, 0.05) is 25.3 Å². The van der Waals surface area contributed by atoms with Crippen LogP contribution in [0.3, 0.4) is 0 Å². The number of amides is 1. The number of hydrogen-bond acceptors (Lipinski definition) is 5. The minimum absolute atomic E-state index is 0.0427. The van der Waals surface area contributed by atoms with Crippen LogP contribution in [0.15, 0.2) is 6.07 Å². The smallest absolute Gasteiger partial charge is 0.302 e. The number of H-pyrrole nitrogens is 1. The van der Waals surface area contributed by atoms with E-state index < -0.39 is 0 Å². The number of aromatic nitrogens is 2. The first-order valence-electron chi connectivity index (χ1n) is 7.18. The van der Waals surface area contributed by atoms with Crippen molar-refractivity contribution in [2.75, 3.05) is 11.9 Å². The number of carbonyl (C=O) groups excluding carboxylic acids is 2. The molecule has 1 aromatic rings. The minimum Gasteiger partial charge on any atom is -0.460 e. The van der Waals surface area contributed by atoms with E-state index >= 15 is 0 Å². The summed E-state index contributed by atoms with van der Waals surface area (Å²) in [5.74, 6) is 2.53. The summed E-state index contributed by atoms with van der Waals surface area (Å²) in [5.41, 5.74) is 0.745. The third-order valence-corrected chi connectivity index (χ3v) is 3.83. The molecule has 0 aromatic carbocycles. The van der Waals surface area contributed by atoms with Crippen LogP contribution in [0.25, 0.3) is 0 Å². The Hall–Kier alpha value is -2.33. The summed E-state index contributed by atoms with van der Waals surface area (Å²) in [6.45, 7) is 1.73. The molecule has 1 amide bonds. The van der Waals surface area contributed by atoms with Gasteiger partial charge < -0.3 is 14.8 Å². The van der Waals surface area contributed by atoms with Gasteiger partial charge in [0.05, 0.1) is 18.2 Å². The molecule has 116 valence electrons. The lowest BCUT2D eigenvalue weighted by atomic mass is 10.1. The highest BCUT2D eigenvalue weighted by atomic mass is 16.6. The fraction of sp³-hybridized carbons (Fsp3) is 0.533. The minimum atomic E-state index is -0.320. The van der Waals surface area contributed by atoms with Crippen LogP contribution in [0.2, 0.25) is 0 Å². The van der Waals surface area contributed by atoms with Gasteiger partial charge in [-0.15, -0.1) is 12.3 Å². The maximum absolute atomic E-state index is 11.9. The number of terminal acetylenes is 1. The van der Waals surface area contributed by atoms with Crippen molar-refractivity contribution >= 4 is 17.7 Å². The number of anilines is 1. The van der Waals surface area contributed by atoms with E-state index in [9.17, 15) is 9.59 Å². The summed E-state index contributed by atoms with van der Waals surface area (Å²) in [6.07, 6.45) is 6.12. The summed E-state index contributed by atoms with van der Waals surface area (Å²) in [6, 6.07) is 1.73. The zero-order valence-electron chi connectivity index (χ0n) is 12.2. The second kappa shape index (κ2) is 5.81. The largest absolute Gasteiger partial charge is 0.460 e. The van der Waals surface area contributed by atoms with Gasteiger partial charge in [-0.2, -0.15) is 5.10 Å². The summed E-state index contributed by atoms with van der Waals surface area (Å²) < 4.78 is 10.7. The van der Waals surface area contributed by atoms with Crippen LogP contribution in [0, 0.1) is 24.2 Å². The molecule has 7 heteroatoms. The fourth-order valence-corrected chi connectivity index (χ4v) is 2.59. The number of carbonyl (C=O) groups is 2. The maximum Gasteiger partial charge on any atom is 0.302 e. The summed E-state index contributed by atoms with van der Waals surface area (Å²) in [4.78, 5) is 22.8. The Balaban J connectivity index is 1.55. The molecule has 1 aromatic heterocycles. The van der Waals surface area contributed by atoms with Crippen molar-refractivity contribution in [1.29, 1.82) is 0 Å². The number of nitrogens with one attached hydrogen (secondary N) is 2. The molecule has 0 bridgehead atoms. The maximum atomic E-state index is 11.9. The second-order valence-corrected chi connectivity index (χ2v) is 5.60. The quantitative estimate of drug-likeness (QED) is 0.639. The van der Waals surface area contributed by atoms with Crippen LogP contribution in [0.1, 0.15) is 31.6 Å².